The molecule has 0 aliphatic carbocycles. The van der Waals surface area contributed by atoms with Crippen LogP contribution in [-0.2, 0) is 11.2 Å². The zero-order chi connectivity index (χ0) is 27.5. The highest BCUT2D eigenvalue weighted by molar-refractivity contribution is 5.86. The van der Waals surface area contributed by atoms with E-state index in [0.717, 1.165) is 31.2 Å². The molecule has 0 unspecified atom stereocenters. The van der Waals surface area contributed by atoms with Gasteiger partial charge in [0.25, 0.3) is 5.91 Å². The summed E-state index contributed by atoms with van der Waals surface area (Å²) in [6.45, 7) is 1.38. The van der Waals surface area contributed by atoms with Gasteiger partial charge < -0.3 is 30.6 Å². The van der Waals surface area contributed by atoms with E-state index in [1.165, 1.54) is 57.6 Å². The monoisotopic (exact) mass is 522 g/mol. The van der Waals surface area contributed by atoms with Gasteiger partial charge >= 0.3 is 0 Å². The van der Waals surface area contributed by atoms with Crippen molar-refractivity contribution < 1.29 is 35.4 Å². The number of hydrazone groups is 1. The molecule has 1 aromatic rings. The van der Waals surface area contributed by atoms with Crippen LogP contribution in [0.2, 0.25) is 0 Å². The Kier molecular flexibility index (Phi) is 17.5. The van der Waals surface area contributed by atoms with E-state index >= 15 is 0 Å². The Bertz CT molecular complexity index is 816. The molecule has 37 heavy (non-hydrogen) atoms. The molecule has 0 aliphatic heterocycles. The molecule has 0 aromatic heterocycles. The predicted molar refractivity (Wildman–Crippen MR) is 144 cm³/mol. The lowest BCUT2D eigenvalue weighted by molar-refractivity contribution is -0.148. The summed E-state index contributed by atoms with van der Waals surface area (Å²) in [6, 6.07) is 5.20. The van der Waals surface area contributed by atoms with Gasteiger partial charge in [0.1, 0.15) is 24.1 Å². The smallest absolute Gasteiger partial charge is 0.271 e. The number of carbonyl (C=O) groups is 1. The molecule has 0 spiro atoms. The Labute approximate surface area is 220 Å². The average molecular weight is 523 g/mol. The maximum atomic E-state index is 11.9. The van der Waals surface area contributed by atoms with Crippen LogP contribution >= 0.6 is 0 Å². The zero-order valence-electron chi connectivity index (χ0n) is 22.0. The summed E-state index contributed by atoms with van der Waals surface area (Å²) in [4.78, 5) is 11.9. The largest absolute Gasteiger partial charge is 0.507 e. The van der Waals surface area contributed by atoms with E-state index in [1.54, 1.807) is 12.1 Å². The summed E-state index contributed by atoms with van der Waals surface area (Å²) in [7, 11) is 0. The van der Waals surface area contributed by atoms with Gasteiger partial charge in [-0.05, 0) is 56.2 Å². The number of nitrogens with one attached hydrogen (secondary N) is 1. The number of rotatable bonds is 20. The summed E-state index contributed by atoms with van der Waals surface area (Å²) in [5, 5.41) is 61.0. The SMILES string of the molecule is CCCCCC/C=C\CCCCCCCc1ccc(/C=N/NC(=O)[C@H](O)[C@@H](O)[C@H](O)[C@H](O)CO)c(O)c1. The summed E-state index contributed by atoms with van der Waals surface area (Å²) in [5.74, 6) is -1.12. The topological polar surface area (TPSA) is 163 Å². The first-order chi connectivity index (χ1) is 17.8. The number of aromatic hydroxyl groups is 1. The van der Waals surface area contributed by atoms with Gasteiger partial charge in [-0.25, -0.2) is 5.43 Å². The van der Waals surface area contributed by atoms with Crippen molar-refractivity contribution in [2.24, 2.45) is 5.10 Å². The van der Waals surface area contributed by atoms with Crippen molar-refractivity contribution in [2.45, 2.75) is 108 Å². The van der Waals surface area contributed by atoms with Crippen LogP contribution in [0.5, 0.6) is 5.75 Å². The molecule has 0 radical (unpaired) electrons. The number of nitrogens with zero attached hydrogens (tertiary/aromatic N) is 1. The van der Waals surface area contributed by atoms with E-state index in [0.29, 0.717) is 5.56 Å². The number of carbonyl (C=O) groups excluding carboxylic acids is 1. The van der Waals surface area contributed by atoms with Gasteiger partial charge in [-0.15, -0.1) is 0 Å². The molecule has 0 saturated carbocycles. The van der Waals surface area contributed by atoms with Crippen LogP contribution in [0.25, 0.3) is 0 Å². The highest BCUT2D eigenvalue weighted by Gasteiger charge is 2.34. The lowest BCUT2D eigenvalue weighted by Crippen LogP contribution is -2.50. The molecule has 0 aliphatic rings. The molecule has 1 amide bonds. The van der Waals surface area contributed by atoms with Gasteiger partial charge in [0.05, 0.1) is 12.8 Å². The fourth-order valence-electron chi connectivity index (χ4n) is 3.81. The third kappa shape index (κ3) is 13.7. The molecule has 1 aromatic carbocycles. The molecule has 0 fully saturated rings. The molecule has 4 atom stereocenters. The van der Waals surface area contributed by atoms with Gasteiger partial charge in [0.2, 0.25) is 0 Å². The van der Waals surface area contributed by atoms with Crippen molar-refractivity contribution in [3.63, 3.8) is 0 Å². The van der Waals surface area contributed by atoms with Gasteiger partial charge in [-0.1, -0.05) is 63.7 Å². The normalized spacial score (nSPS) is 15.2. The lowest BCUT2D eigenvalue weighted by atomic mass is 10.0. The number of phenols is 1. The van der Waals surface area contributed by atoms with Crippen LogP contribution in [0.3, 0.4) is 0 Å². The number of unbranched alkanes of at least 4 members (excludes halogenated alkanes) is 9. The number of hydrogen-bond acceptors (Lipinski definition) is 8. The number of benzene rings is 1. The van der Waals surface area contributed by atoms with Gasteiger partial charge in [-0.3, -0.25) is 4.79 Å². The maximum absolute atomic E-state index is 11.9. The van der Waals surface area contributed by atoms with E-state index in [9.17, 15) is 30.3 Å². The molecule has 9 heteroatoms. The molecular weight excluding hydrogens is 476 g/mol. The third-order valence-corrected chi connectivity index (χ3v) is 6.22. The number of amides is 1. The minimum atomic E-state index is -2.08. The summed E-state index contributed by atoms with van der Waals surface area (Å²) >= 11 is 0. The summed E-state index contributed by atoms with van der Waals surface area (Å²) in [5.41, 5.74) is 3.35. The van der Waals surface area contributed by atoms with Crippen molar-refractivity contribution >= 4 is 12.1 Å². The van der Waals surface area contributed by atoms with Crippen LogP contribution in [-0.4, -0.2) is 73.8 Å². The van der Waals surface area contributed by atoms with Crippen LogP contribution in [0.1, 0.15) is 88.7 Å². The average Bonchev–Trinajstić information content (AvgIpc) is 2.90. The molecule has 7 N–H and O–H groups in total. The predicted octanol–water partition coefficient (Wildman–Crippen LogP) is 2.69. The summed E-state index contributed by atoms with van der Waals surface area (Å²) in [6.07, 6.45) is 12.3. The number of phenolic OH excluding ortho intramolecular Hbond substituents is 1. The third-order valence-electron chi connectivity index (χ3n) is 6.22. The van der Waals surface area contributed by atoms with E-state index in [-0.39, 0.29) is 5.75 Å². The number of aliphatic hydroxyl groups is 5. The van der Waals surface area contributed by atoms with E-state index in [2.05, 4.69) is 24.2 Å². The minimum absolute atomic E-state index is 0.000876. The fourth-order valence-corrected chi connectivity index (χ4v) is 3.81. The number of allylic oxidation sites excluding steroid dienone is 2. The molecule has 0 heterocycles. The zero-order valence-corrected chi connectivity index (χ0v) is 22.0. The van der Waals surface area contributed by atoms with E-state index in [4.69, 9.17) is 5.11 Å². The van der Waals surface area contributed by atoms with E-state index < -0.39 is 36.9 Å². The van der Waals surface area contributed by atoms with Gasteiger partial charge in [0.15, 0.2) is 6.10 Å². The van der Waals surface area contributed by atoms with Gasteiger partial charge in [-0.2, -0.15) is 5.10 Å². The Morgan fingerprint density at radius 2 is 1.54 bits per heavy atom. The second-order valence-electron chi connectivity index (χ2n) is 9.43. The quantitative estimate of drug-likeness (QED) is 0.0599. The van der Waals surface area contributed by atoms with Crippen molar-refractivity contribution in [1.29, 1.82) is 0 Å². The highest BCUT2D eigenvalue weighted by atomic mass is 16.4. The van der Waals surface area contributed by atoms with Crippen LogP contribution in [0.15, 0.2) is 35.5 Å². The molecule has 210 valence electrons. The van der Waals surface area contributed by atoms with Crippen molar-refractivity contribution in [2.75, 3.05) is 6.61 Å². The van der Waals surface area contributed by atoms with Crippen molar-refractivity contribution in [3.05, 3.63) is 41.5 Å². The van der Waals surface area contributed by atoms with E-state index in [1.807, 2.05) is 11.5 Å². The molecule has 1 rings (SSSR count). The van der Waals surface area contributed by atoms with Crippen LogP contribution in [0.4, 0.5) is 0 Å². The molecular formula is C28H46N2O7. The van der Waals surface area contributed by atoms with Gasteiger partial charge in [0, 0.05) is 5.56 Å². The number of aryl methyl sites for hydroxylation is 1. The first-order valence-electron chi connectivity index (χ1n) is 13.4. The fraction of sp³-hybridized carbons (Fsp3) is 0.643. The first kappa shape index (κ1) is 32.7. The standard InChI is InChI=1S/C28H46N2O7/c1-2-3-4-5-6-7-8-9-10-11-12-13-14-15-21-16-17-22(23(32)18-21)19-29-30-28(37)27(36)26(35)25(34)24(33)20-31/h7-8,16-19,24-27,31-36H,2-6,9-15,20H2,1H3,(H,30,37)/b8-7-,29-19+/t24-,25-,26+,27-/m1/s1. The van der Waals surface area contributed by atoms with Crippen LogP contribution in [0, 0.1) is 0 Å². The van der Waals surface area contributed by atoms with Crippen molar-refractivity contribution in [3.8, 4) is 5.75 Å². The Morgan fingerprint density at radius 3 is 2.16 bits per heavy atom. The molecule has 9 nitrogen and oxygen atoms in total. The first-order valence-corrected chi connectivity index (χ1v) is 13.4. The summed E-state index contributed by atoms with van der Waals surface area (Å²) < 4.78 is 0. The van der Waals surface area contributed by atoms with Crippen LogP contribution < -0.4 is 5.43 Å². The maximum Gasteiger partial charge on any atom is 0.271 e. The minimum Gasteiger partial charge on any atom is -0.507 e. The second-order valence-corrected chi connectivity index (χ2v) is 9.43. The second kappa shape index (κ2) is 19.8. The Hall–Kier alpha value is -2.30. The molecule has 0 saturated heterocycles. The molecule has 0 bridgehead atoms. The Morgan fingerprint density at radius 1 is 0.919 bits per heavy atom. The Balaban J connectivity index is 2.29. The highest BCUT2D eigenvalue weighted by Crippen LogP contribution is 2.19. The lowest BCUT2D eigenvalue weighted by Gasteiger charge is -2.24. The van der Waals surface area contributed by atoms with Crippen molar-refractivity contribution in [1.82, 2.24) is 5.43 Å². The number of aliphatic hydroxyl groups excluding tert-OH is 5. The number of hydrogen-bond donors (Lipinski definition) is 7.